The van der Waals surface area contributed by atoms with Crippen LogP contribution in [0.2, 0.25) is 0 Å². The van der Waals surface area contributed by atoms with Crippen molar-refractivity contribution in [3.8, 4) is 0 Å². The first-order chi connectivity index (χ1) is 6.27. The van der Waals surface area contributed by atoms with Crippen molar-refractivity contribution in [2.24, 2.45) is 4.99 Å². The number of aliphatic imine (C=N–C) groups is 1. The summed E-state index contributed by atoms with van der Waals surface area (Å²) in [4.78, 5) is 7.73. The lowest BCUT2D eigenvalue weighted by molar-refractivity contribution is 1.28. The molecule has 0 radical (unpaired) electrons. The molecule has 0 amide bonds. The van der Waals surface area contributed by atoms with Gasteiger partial charge < -0.3 is 5.73 Å². The van der Waals surface area contributed by atoms with E-state index in [1.807, 2.05) is 13.8 Å². The Bertz CT molecular complexity index is 292. The Morgan fingerprint density at radius 1 is 1.54 bits per heavy atom. The van der Waals surface area contributed by atoms with Crippen molar-refractivity contribution in [1.29, 1.82) is 0 Å². The summed E-state index contributed by atoms with van der Waals surface area (Å²) in [7, 11) is 0. The van der Waals surface area contributed by atoms with E-state index in [0.717, 1.165) is 0 Å². The largest absolute Gasteiger partial charge is 0.397 e. The average molecular weight is 177 g/mol. The molecule has 0 fully saturated rings. The van der Waals surface area contributed by atoms with Crippen LogP contribution in [-0.4, -0.2) is 11.7 Å². The van der Waals surface area contributed by atoms with Gasteiger partial charge in [-0.05, 0) is 18.9 Å². The standard InChI is InChI=1S/C8H9N3.C2H6/c1-3-7-8(10-2)4-6(9)5-11-7;1-2/h3-5H,1-2,9H2;1-2H3. The van der Waals surface area contributed by atoms with Gasteiger partial charge in [0.05, 0.1) is 23.3 Å². The van der Waals surface area contributed by atoms with Gasteiger partial charge in [0.25, 0.3) is 0 Å². The zero-order chi connectivity index (χ0) is 10.3. The van der Waals surface area contributed by atoms with Gasteiger partial charge in [-0.25, -0.2) is 0 Å². The first-order valence-electron chi connectivity index (χ1n) is 4.12. The van der Waals surface area contributed by atoms with Gasteiger partial charge in [0.15, 0.2) is 0 Å². The van der Waals surface area contributed by atoms with Crippen molar-refractivity contribution in [2.45, 2.75) is 13.8 Å². The molecule has 0 unspecified atom stereocenters. The van der Waals surface area contributed by atoms with E-state index in [4.69, 9.17) is 5.73 Å². The van der Waals surface area contributed by atoms with Crippen molar-refractivity contribution < 1.29 is 0 Å². The van der Waals surface area contributed by atoms with Crippen LogP contribution in [0.4, 0.5) is 11.4 Å². The molecule has 1 aromatic rings. The van der Waals surface area contributed by atoms with Gasteiger partial charge in [0, 0.05) is 0 Å². The van der Waals surface area contributed by atoms with Gasteiger partial charge in [-0.1, -0.05) is 20.4 Å². The predicted octanol–water partition coefficient (Wildman–Crippen LogP) is 2.67. The Hall–Kier alpha value is -1.64. The Morgan fingerprint density at radius 2 is 2.15 bits per heavy atom. The zero-order valence-electron chi connectivity index (χ0n) is 8.12. The van der Waals surface area contributed by atoms with E-state index < -0.39 is 0 Å². The van der Waals surface area contributed by atoms with Crippen molar-refractivity contribution >= 4 is 24.2 Å². The molecule has 0 aliphatic heterocycles. The Kier molecular flexibility index (Phi) is 5.19. The molecule has 0 atom stereocenters. The average Bonchev–Trinajstić information content (AvgIpc) is 2.20. The van der Waals surface area contributed by atoms with Crippen LogP contribution in [-0.2, 0) is 0 Å². The van der Waals surface area contributed by atoms with Gasteiger partial charge in [0.1, 0.15) is 0 Å². The smallest absolute Gasteiger partial charge is 0.0899 e. The second kappa shape index (κ2) is 5.94. The lowest BCUT2D eigenvalue weighted by Crippen LogP contribution is -1.88. The Balaban J connectivity index is 0.000000671. The molecule has 0 bridgehead atoms. The number of rotatable bonds is 2. The second-order valence-electron chi connectivity index (χ2n) is 2.04. The fourth-order valence-corrected chi connectivity index (χ4v) is 0.763. The molecule has 0 aliphatic rings. The van der Waals surface area contributed by atoms with Crippen LogP contribution in [0.15, 0.2) is 23.8 Å². The number of nitrogens with two attached hydrogens (primary N) is 1. The first-order valence-corrected chi connectivity index (χ1v) is 4.12. The lowest BCUT2D eigenvalue weighted by atomic mass is 10.3. The van der Waals surface area contributed by atoms with E-state index >= 15 is 0 Å². The van der Waals surface area contributed by atoms with E-state index in [0.29, 0.717) is 17.1 Å². The summed E-state index contributed by atoms with van der Waals surface area (Å²) in [6.07, 6.45) is 3.18. The monoisotopic (exact) mass is 177 g/mol. The molecular weight excluding hydrogens is 162 g/mol. The summed E-state index contributed by atoms with van der Waals surface area (Å²) < 4.78 is 0. The summed E-state index contributed by atoms with van der Waals surface area (Å²) in [6.45, 7) is 11.0. The molecule has 0 saturated heterocycles. The molecule has 1 aromatic heterocycles. The lowest BCUT2D eigenvalue weighted by Gasteiger charge is -1.98. The molecule has 1 heterocycles. The van der Waals surface area contributed by atoms with Crippen molar-refractivity contribution in [1.82, 2.24) is 4.98 Å². The highest BCUT2D eigenvalue weighted by Gasteiger charge is 1.96. The number of aromatic nitrogens is 1. The molecule has 0 spiro atoms. The maximum atomic E-state index is 5.47. The molecule has 2 N–H and O–H groups in total. The van der Waals surface area contributed by atoms with Crippen LogP contribution >= 0.6 is 0 Å². The minimum atomic E-state index is 0.581. The van der Waals surface area contributed by atoms with E-state index in [1.54, 1.807) is 18.3 Å². The third kappa shape index (κ3) is 3.07. The molecule has 0 aliphatic carbocycles. The molecule has 0 saturated carbocycles. The number of hydrogen-bond donors (Lipinski definition) is 1. The first kappa shape index (κ1) is 11.4. The highest BCUT2D eigenvalue weighted by molar-refractivity contribution is 5.64. The normalized spacial score (nSPS) is 8.15. The quantitative estimate of drug-likeness (QED) is 0.706. The summed E-state index contributed by atoms with van der Waals surface area (Å²) in [5, 5.41) is 0. The number of nitrogen functional groups attached to an aromatic ring is 1. The number of nitrogens with zero attached hydrogens (tertiary/aromatic N) is 2. The highest BCUT2D eigenvalue weighted by atomic mass is 14.8. The van der Waals surface area contributed by atoms with Crippen LogP contribution in [0.5, 0.6) is 0 Å². The number of pyridine rings is 1. The molecule has 1 rings (SSSR count). The summed E-state index contributed by atoms with van der Waals surface area (Å²) >= 11 is 0. The number of hydrogen-bond acceptors (Lipinski definition) is 3. The topological polar surface area (TPSA) is 51.3 Å². The molecule has 3 heteroatoms. The maximum Gasteiger partial charge on any atom is 0.0899 e. The van der Waals surface area contributed by atoms with Crippen LogP contribution < -0.4 is 5.73 Å². The summed E-state index contributed by atoms with van der Waals surface area (Å²) in [5.41, 5.74) is 7.42. The molecule has 0 aromatic carbocycles. The Labute approximate surface area is 79.0 Å². The fourth-order valence-electron chi connectivity index (χ4n) is 0.763. The van der Waals surface area contributed by atoms with Crippen LogP contribution in [0, 0.1) is 0 Å². The van der Waals surface area contributed by atoms with Crippen LogP contribution in [0.3, 0.4) is 0 Å². The van der Waals surface area contributed by atoms with Gasteiger partial charge in [-0.3, -0.25) is 9.98 Å². The van der Waals surface area contributed by atoms with E-state index in [-0.39, 0.29) is 0 Å². The van der Waals surface area contributed by atoms with Crippen LogP contribution in [0.1, 0.15) is 19.5 Å². The van der Waals surface area contributed by atoms with Crippen LogP contribution in [0.25, 0.3) is 6.08 Å². The van der Waals surface area contributed by atoms with E-state index in [9.17, 15) is 0 Å². The molecule has 13 heavy (non-hydrogen) atoms. The zero-order valence-corrected chi connectivity index (χ0v) is 8.12. The third-order valence-corrected chi connectivity index (χ3v) is 1.28. The minimum Gasteiger partial charge on any atom is -0.397 e. The van der Waals surface area contributed by atoms with Gasteiger partial charge in [-0.15, -0.1) is 0 Å². The summed E-state index contributed by atoms with van der Waals surface area (Å²) in [5.74, 6) is 0. The minimum absolute atomic E-state index is 0.581. The predicted molar refractivity (Wildman–Crippen MR) is 59.3 cm³/mol. The van der Waals surface area contributed by atoms with Gasteiger partial charge >= 0.3 is 0 Å². The SMILES string of the molecule is C=Cc1ncc(N)cc1N=C.CC. The fraction of sp³-hybridized carbons (Fsp3) is 0.200. The van der Waals surface area contributed by atoms with E-state index in [1.165, 1.54) is 0 Å². The summed E-state index contributed by atoms with van der Waals surface area (Å²) in [6, 6.07) is 1.71. The second-order valence-corrected chi connectivity index (χ2v) is 2.04. The van der Waals surface area contributed by atoms with E-state index in [2.05, 4.69) is 23.3 Å². The molecular formula is C10H15N3. The van der Waals surface area contributed by atoms with Crippen molar-refractivity contribution in [2.75, 3.05) is 5.73 Å². The maximum absolute atomic E-state index is 5.47. The third-order valence-electron chi connectivity index (χ3n) is 1.28. The van der Waals surface area contributed by atoms with Gasteiger partial charge in [0.2, 0.25) is 0 Å². The molecule has 3 nitrogen and oxygen atoms in total. The molecule has 70 valence electrons. The van der Waals surface area contributed by atoms with Crippen molar-refractivity contribution in [3.05, 3.63) is 24.5 Å². The highest BCUT2D eigenvalue weighted by Crippen LogP contribution is 2.19. The van der Waals surface area contributed by atoms with Gasteiger partial charge in [-0.2, -0.15) is 0 Å². The Morgan fingerprint density at radius 3 is 2.62 bits per heavy atom. The van der Waals surface area contributed by atoms with Crippen molar-refractivity contribution in [3.63, 3.8) is 0 Å². The number of anilines is 1.